The normalized spacial score (nSPS) is 10.3. The number of carbonyl (C=O) groups excluding carboxylic acids is 1. The summed E-state index contributed by atoms with van der Waals surface area (Å²) in [6, 6.07) is 12.2. The van der Waals surface area contributed by atoms with Crippen LogP contribution in [0.2, 0.25) is 5.02 Å². The molecule has 1 amide bonds. The highest BCUT2D eigenvalue weighted by molar-refractivity contribution is 6.31. The Morgan fingerprint density at radius 1 is 1.07 bits per heavy atom. The van der Waals surface area contributed by atoms with Crippen molar-refractivity contribution >= 4 is 34.8 Å². The van der Waals surface area contributed by atoms with Crippen molar-refractivity contribution in [3.63, 3.8) is 0 Å². The highest BCUT2D eigenvalue weighted by atomic mass is 35.5. The minimum atomic E-state index is -0.404. The average Bonchev–Trinajstić information content (AvgIpc) is 2.71. The van der Waals surface area contributed by atoms with Crippen LogP contribution in [0, 0.1) is 6.92 Å². The molecule has 0 unspecified atom stereocenters. The summed E-state index contributed by atoms with van der Waals surface area (Å²) >= 11 is 6.14. The second-order valence-electron chi connectivity index (χ2n) is 5.87. The number of halogens is 1. The Bertz CT molecular complexity index is 1010. The quantitative estimate of drug-likeness (QED) is 0.638. The van der Waals surface area contributed by atoms with Crippen LogP contribution in [0.25, 0.3) is 0 Å². The maximum atomic E-state index is 12.6. The third kappa shape index (κ3) is 4.50. The molecule has 0 aliphatic rings. The van der Waals surface area contributed by atoms with Crippen molar-refractivity contribution in [1.29, 1.82) is 0 Å². The lowest BCUT2D eigenvalue weighted by molar-refractivity contribution is 0.102. The van der Waals surface area contributed by atoms with Gasteiger partial charge in [-0.3, -0.25) is 4.79 Å². The molecule has 0 saturated heterocycles. The Kier molecular flexibility index (Phi) is 5.96. The van der Waals surface area contributed by atoms with Gasteiger partial charge in [0.15, 0.2) is 0 Å². The van der Waals surface area contributed by atoms with Gasteiger partial charge in [-0.1, -0.05) is 17.7 Å². The molecule has 3 aromatic rings. The lowest BCUT2D eigenvalue weighted by atomic mass is 10.2. The second-order valence-corrected chi connectivity index (χ2v) is 6.28. The number of rotatable bonds is 6. The number of ether oxygens (including phenoxy) is 2. The second kappa shape index (κ2) is 8.58. The van der Waals surface area contributed by atoms with Gasteiger partial charge in [0.1, 0.15) is 17.2 Å². The summed E-state index contributed by atoms with van der Waals surface area (Å²) in [6.07, 6.45) is 1.50. The first-order valence-electron chi connectivity index (χ1n) is 8.39. The minimum absolute atomic E-state index is 0.195. The summed E-state index contributed by atoms with van der Waals surface area (Å²) < 4.78 is 10.5. The lowest BCUT2D eigenvalue weighted by Gasteiger charge is -2.12. The van der Waals surface area contributed by atoms with Crippen molar-refractivity contribution < 1.29 is 14.3 Å². The van der Waals surface area contributed by atoms with E-state index in [0.29, 0.717) is 22.2 Å². The van der Waals surface area contributed by atoms with E-state index in [9.17, 15) is 4.79 Å². The molecule has 0 aliphatic heterocycles. The lowest BCUT2D eigenvalue weighted by Crippen LogP contribution is -2.15. The monoisotopic (exact) mass is 398 g/mol. The van der Waals surface area contributed by atoms with E-state index >= 15 is 0 Å². The molecule has 1 heterocycles. The third-order valence-corrected chi connectivity index (χ3v) is 4.38. The SMILES string of the molecule is COc1ccc(OC)c(NC(=O)c2ccnc(Nc3ccc(C)c(Cl)c3)n2)c1. The van der Waals surface area contributed by atoms with Gasteiger partial charge in [0.05, 0.1) is 19.9 Å². The topological polar surface area (TPSA) is 85.4 Å². The highest BCUT2D eigenvalue weighted by Crippen LogP contribution is 2.29. The summed E-state index contributed by atoms with van der Waals surface area (Å²) in [4.78, 5) is 21.1. The number of benzene rings is 2. The van der Waals surface area contributed by atoms with Crippen molar-refractivity contribution in [3.05, 3.63) is 64.9 Å². The van der Waals surface area contributed by atoms with Crippen molar-refractivity contribution in [1.82, 2.24) is 9.97 Å². The van der Waals surface area contributed by atoms with E-state index < -0.39 is 5.91 Å². The molecule has 28 heavy (non-hydrogen) atoms. The number of nitrogens with one attached hydrogen (secondary N) is 2. The largest absolute Gasteiger partial charge is 0.497 e. The number of amides is 1. The summed E-state index contributed by atoms with van der Waals surface area (Å²) in [6.45, 7) is 1.92. The molecule has 2 N–H and O–H groups in total. The first-order chi connectivity index (χ1) is 13.5. The van der Waals surface area contributed by atoms with Crippen LogP contribution in [0.15, 0.2) is 48.7 Å². The molecule has 0 aliphatic carbocycles. The molecule has 0 atom stereocenters. The van der Waals surface area contributed by atoms with Crippen LogP contribution in [0.1, 0.15) is 16.1 Å². The Morgan fingerprint density at radius 3 is 2.61 bits per heavy atom. The average molecular weight is 399 g/mol. The zero-order valence-corrected chi connectivity index (χ0v) is 16.4. The number of carbonyl (C=O) groups is 1. The summed E-state index contributed by atoms with van der Waals surface area (Å²) in [5, 5.41) is 6.45. The molecular formula is C20H19ClN4O3. The Hall–Kier alpha value is -3.32. The van der Waals surface area contributed by atoms with Gasteiger partial charge >= 0.3 is 0 Å². The first-order valence-corrected chi connectivity index (χ1v) is 8.77. The van der Waals surface area contributed by atoms with E-state index in [2.05, 4.69) is 20.6 Å². The van der Waals surface area contributed by atoms with Gasteiger partial charge in [0, 0.05) is 23.0 Å². The summed E-state index contributed by atoms with van der Waals surface area (Å²) in [5.74, 6) is 0.984. The fourth-order valence-corrected chi connectivity index (χ4v) is 2.62. The zero-order chi connectivity index (χ0) is 20.1. The van der Waals surface area contributed by atoms with Gasteiger partial charge in [0.2, 0.25) is 5.95 Å². The van der Waals surface area contributed by atoms with Gasteiger partial charge < -0.3 is 20.1 Å². The van der Waals surface area contributed by atoms with Crippen LogP contribution in [-0.4, -0.2) is 30.1 Å². The number of hydrogen-bond acceptors (Lipinski definition) is 6. The summed E-state index contributed by atoms with van der Waals surface area (Å²) in [7, 11) is 3.07. The molecule has 144 valence electrons. The van der Waals surface area contributed by atoms with Gasteiger partial charge in [-0.05, 0) is 42.8 Å². The van der Waals surface area contributed by atoms with E-state index in [4.69, 9.17) is 21.1 Å². The van der Waals surface area contributed by atoms with Gasteiger partial charge in [0.25, 0.3) is 5.91 Å². The molecule has 0 radical (unpaired) electrons. The molecule has 0 bridgehead atoms. The number of methoxy groups -OCH3 is 2. The molecule has 7 nitrogen and oxygen atoms in total. The maximum Gasteiger partial charge on any atom is 0.274 e. The number of hydrogen-bond donors (Lipinski definition) is 2. The van der Waals surface area contributed by atoms with Crippen LogP contribution in [0.5, 0.6) is 11.5 Å². The number of aryl methyl sites for hydroxylation is 1. The molecule has 1 aromatic heterocycles. The van der Waals surface area contributed by atoms with Crippen molar-refractivity contribution in [2.24, 2.45) is 0 Å². The predicted octanol–water partition coefficient (Wildman–Crippen LogP) is 4.45. The van der Waals surface area contributed by atoms with Gasteiger partial charge in [-0.15, -0.1) is 0 Å². The Labute approximate surface area is 167 Å². The molecule has 0 fully saturated rings. The summed E-state index contributed by atoms with van der Waals surface area (Å²) in [5.41, 5.74) is 2.36. The van der Waals surface area contributed by atoms with Crippen molar-refractivity contribution in [2.75, 3.05) is 24.9 Å². The molecule has 0 saturated carbocycles. The Balaban J connectivity index is 1.80. The predicted molar refractivity (Wildman–Crippen MR) is 109 cm³/mol. The third-order valence-electron chi connectivity index (χ3n) is 3.97. The van der Waals surface area contributed by atoms with Crippen LogP contribution < -0.4 is 20.1 Å². The van der Waals surface area contributed by atoms with Crippen LogP contribution >= 0.6 is 11.6 Å². The first kappa shape index (κ1) is 19.4. The number of aromatic nitrogens is 2. The number of anilines is 3. The van der Waals surface area contributed by atoms with E-state index in [-0.39, 0.29) is 11.6 Å². The minimum Gasteiger partial charge on any atom is -0.497 e. The van der Waals surface area contributed by atoms with E-state index in [1.165, 1.54) is 19.4 Å². The fraction of sp³-hybridized carbons (Fsp3) is 0.150. The van der Waals surface area contributed by atoms with Gasteiger partial charge in [-0.25, -0.2) is 9.97 Å². The standard InChI is InChI=1S/C20H19ClN4O3/c1-12-4-5-13(10-15(12)21)23-20-22-9-8-16(25-20)19(26)24-17-11-14(27-2)6-7-18(17)28-3/h4-11H,1-3H3,(H,24,26)(H,22,23,25). The molecule has 3 rings (SSSR count). The van der Waals surface area contributed by atoms with E-state index in [1.54, 1.807) is 31.4 Å². The van der Waals surface area contributed by atoms with Crippen LogP contribution in [0.3, 0.4) is 0 Å². The number of nitrogens with zero attached hydrogens (tertiary/aromatic N) is 2. The maximum absolute atomic E-state index is 12.6. The molecular weight excluding hydrogens is 380 g/mol. The van der Waals surface area contributed by atoms with E-state index in [1.807, 2.05) is 19.1 Å². The zero-order valence-electron chi connectivity index (χ0n) is 15.6. The van der Waals surface area contributed by atoms with Gasteiger partial charge in [-0.2, -0.15) is 0 Å². The van der Waals surface area contributed by atoms with Crippen LogP contribution in [-0.2, 0) is 0 Å². The molecule has 2 aromatic carbocycles. The molecule has 0 spiro atoms. The molecule has 8 heteroatoms. The highest BCUT2D eigenvalue weighted by Gasteiger charge is 2.13. The van der Waals surface area contributed by atoms with E-state index in [0.717, 1.165) is 11.3 Å². The van der Waals surface area contributed by atoms with Crippen LogP contribution in [0.4, 0.5) is 17.3 Å². The van der Waals surface area contributed by atoms with Crippen molar-refractivity contribution in [2.45, 2.75) is 6.92 Å². The van der Waals surface area contributed by atoms with Crippen molar-refractivity contribution in [3.8, 4) is 11.5 Å². The Morgan fingerprint density at radius 2 is 1.89 bits per heavy atom. The fourth-order valence-electron chi connectivity index (χ4n) is 2.44. The smallest absolute Gasteiger partial charge is 0.274 e.